The number of nitrogens with zero attached hydrogens (tertiary/aromatic N) is 1. The number of rotatable bonds is 4. The van der Waals surface area contributed by atoms with Gasteiger partial charge in [0.15, 0.2) is 6.10 Å². The van der Waals surface area contributed by atoms with E-state index < -0.39 is 17.7 Å². The van der Waals surface area contributed by atoms with Crippen molar-refractivity contribution in [2.24, 2.45) is 7.05 Å². The molecular weight excluding hydrogens is 346 g/mol. The number of furan rings is 1. The first-order chi connectivity index (χ1) is 12.6. The van der Waals surface area contributed by atoms with Gasteiger partial charge in [-0.1, -0.05) is 18.2 Å². The highest BCUT2D eigenvalue weighted by atomic mass is 16.5. The molecule has 0 bridgehead atoms. The molecule has 0 amide bonds. The fourth-order valence-corrected chi connectivity index (χ4v) is 3.29. The lowest BCUT2D eigenvalue weighted by molar-refractivity contribution is -0.161. The molecule has 1 aromatic carbocycles. The summed E-state index contributed by atoms with van der Waals surface area (Å²) in [5, 5.41) is 11.1. The molecular formula is C21H23NO5. The molecule has 27 heavy (non-hydrogen) atoms. The van der Waals surface area contributed by atoms with E-state index in [0.29, 0.717) is 27.8 Å². The Morgan fingerprint density at radius 3 is 2.33 bits per heavy atom. The smallest absolute Gasteiger partial charge is 0.339 e. The zero-order chi connectivity index (χ0) is 19.9. The van der Waals surface area contributed by atoms with Crippen LogP contribution in [0, 0.1) is 6.92 Å². The summed E-state index contributed by atoms with van der Waals surface area (Å²) in [5.74, 6) is -0.516. The van der Waals surface area contributed by atoms with E-state index in [1.54, 1.807) is 59.2 Å². The van der Waals surface area contributed by atoms with E-state index in [0.717, 1.165) is 5.56 Å². The van der Waals surface area contributed by atoms with Gasteiger partial charge in [0.05, 0.1) is 17.6 Å². The van der Waals surface area contributed by atoms with Gasteiger partial charge in [-0.25, -0.2) is 4.79 Å². The summed E-state index contributed by atoms with van der Waals surface area (Å²) in [6.07, 6.45) is 0.242. The molecule has 0 saturated carbocycles. The van der Waals surface area contributed by atoms with Crippen molar-refractivity contribution in [1.82, 2.24) is 4.57 Å². The molecule has 2 aromatic heterocycles. The minimum Gasteiger partial charge on any atom is -0.479 e. The van der Waals surface area contributed by atoms with Crippen LogP contribution < -0.4 is 5.56 Å². The minimum absolute atomic E-state index is 0.269. The molecule has 3 rings (SSSR count). The maximum atomic E-state index is 12.9. The number of ether oxygens (including phenoxy) is 1. The monoisotopic (exact) mass is 369 g/mol. The molecule has 0 spiro atoms. The average Bonchev–Trinajstić information content (AvgIpc) is 3.01. The lowest BCUT2D eigenvalue weighted by Gasteiger charge is -2.28. The van der Waals surface area contributed by atoms with Crippen LogP contribution >= 0.6 is 0 Å². The van der Waals surface area contributed by atoms with Crippen LogP contribution in [0.25, 0.3) is 21.9 Å². The van der Waals surface area contributed by atoms with Crippen LogP contribution in [0.15, 0.2) is 45.8 Å². The lowest BCUT2D eigenvalue weighted by Crippen LogP contribution is -2.32. The quantitative estimate of drug-likeness (QED) is 0.750. The molecule has 0 aliphatic carbocycles. The number of aromatic nitrogens is 1. The number of carboxylic acid groups (broad SMARTS) is 1. The summed E-state index contributed by atoms with van der Waals surface area (Å²) in [5.41, 5.74) is 0.684. The minimum atomic E-state index is -1.31. The Morgan fingerprint density at radius 2 is 1.81 bits per heavy atom. The fourth-order valence-electron chi connectivity index (χ4n) is 3.29. The first-order valence-corrected chi connectivity index (χ1v) is 8.68. The average molecular weight is 369 g/mol. The molecule has 0 aliphatic heterocycles. The SMILES string of the molecule is Cc1occc1-c1c(C(OC(C)(C)C)C(=O)O)n(C)c(=O)c2ccccc12. The number of pyridine rings is 1. The molecule has 3 aromatic rings. The number of fused-ring (bicyclic) bond motifs is 1. The van der Waals surface area contributed by atoms with Crippen LogP contribution in [-0.4, -0.2) is 21.2 Å². The number of carbonyl (C=O) groups is 1. The summed E-state index contributed by atoms with van der Waals surface area (Å²) in [4.78, 5) is 25.1. The molecule has 142 valence electrons. The highest BCUT2D eigenvalue weighted by Gasteiger charge is 2.33. The molecule has 1 unspecified atom stereocenters. The second-order valence-corrected chi connectivity index (χ2v) is 7.51. The molecule has 1 atom stereocenters. The molecule has 6 nitrogen and oxygen atoms in total. The third-order valence-corrected chi connectivity index (χ3v) is 4.42. The van der Waals surface area contributed by atoms with Crippen molar-refractivity contribution in [1.29, 1.82) is 0 Å². The Hall–Kier alpha value is -2.86. The molecule has 0 saturated heterocycles. The van der Waals surface area contributed by atoms with E-state index in [1.807, 2.05) is 12.1 Å². The molecule has 0 radical (unpaired) electrons. The van der Waals surface area contributed by atoms with Gasteiger partial charge in [0, 0.05) is 23.6 Å². The van der Waals surface area contributed by atoms with Gasteiger partial charge in [-0.15, -0.1) is 0 Å². The zero-order valence-corrected chi connectivity index (χ0v) is 16.1. The summed E-state index contributed by atoms with van der Waals surface area (Å²) in [6, 6.07) is 8.94. The van der Waals surface area contributed by atoms with E-state index >= 15 is 0 Å². The number of carboxylic acids is 1. The predicted molar refractivity (Wildman–Crippen MR) is 103 cm³/mol. The van der Waals surface area contributed by atoms with Crippen LogP contribution in [-0.2, 0) is 16.6 Å². The summed E-state index contributed by atoms with van der Waals surface area (Å²) in [7, 11) is 1.57. The van der Waals surface area contributed by atoms with Gasteiger partial charge in [-0.2, -0.15) is 0 Å². The van der Waals surface area contributed by atoms with Crippen LogP contribution in [0.1, 0.15) is 38.3 Å². The van der Waals surface area contributed by atoms with E-state index in [-0.39, 0.29) is 5.56 Å². The van der Waals surface area contributed by atoms with Crippen LogP contribution in [0.2, 0.25) is 0 Å². The molecule has 0 fully saturated rings. The van der Waals surface area contributed by atoms with Crippen molar-refractivity contribution < 1.29 is 19.1 Å². The third kappa shape index (κ3) is 3.40. The zero-order valence-electron chi connectivity index (χ0n) is 16.1. The summed E-state index contributed by atoms with van der Waals surface area (Å²) >= 11 is 0. The second-order valence-electron chi connectivity index (χ2n) is 7.51. The van der Waals surface area contributed by atoms with E-state index in [2.05, 4.69) is 0 Å². The van der Waals surface area contributed by atoms with E-state index in [4.69, 9.17) is 9.15 Å². The van der Waals surface area contributed by atoms with E-state index in [1.165, 1.54) is 4.57 Å². The fraction of sp³-hybridized carbons (Fsp3) is 0.333. The lowest BCUT2D eigenvalue weighted by atomic mass is 9.94. The number of benzene rings is 1. The van der Waals surface area contributed by atoms with Gasteiger partial charge < -0.3 is 18.8 Å². The Kier molecular flexibility index (Phi) is 4.70. The van der Waals surface area contributed by atoms with Gasteiger partial charge in [-0.3, -0.25) is 4.79 Å². The van der Waals surface area contributed by atoms with E-state index in [9.17, 15) is 14.7 Å². The summed E-state index contributed by atoms with van der Waals surface area (Å²) in [6.45, 7) is 7.15. The van der Waals surface area contributed by atoms with Crippen LogP contribution in [0.3, 0.4) is 0 Å². The van der Waals surface area contributed by atoms with Gasteiger partial charge in [-0.05, 0) is 45.2 Å². The largest absolute Gasteiger partial charge is 0.479 e. The first kappa shape index (κ1) is 18.9. The van der Waals surface area contributed by atoms with Crippen LogP contribution in [0.4, 0.5) is 0 Å². The normalized spacial score (nSPS) is 13.1. The number of aliphatic carboxylic acids is 1. The molecule has 1 N–H and O–H groups in total. The Balaban J connectivity index is 2.47. The Bertz CT molecular complexity index is 1070. The van der Waals surface area contributed by atoms with Crippen molar-refractivity contribution >= 4 is 16.7 Å². The van der Waals surface area contributed by atoms with Crippen molar-refractivity contribution in [2.45, 2.75) is 39.4 Å². The third-order valence-electron chi connectivity index (χ3n) is 4.42. The maximum absolute atomic E-state index is 12.9. The van der Waals surface area contributed by atoms with Gasteiger partial charge in [0.2, 0.25) is 0 Å². The van der Waals surface area contributed by atoms with Crippen LogP contribution in [0.5, 0.6) is 0 Å². The van der Waals surface area contributed by atoms with Crippen molar-refractivity contribution in [2.75, 3.05) is 0 Å². The highest BCUT2D eigenvalue weighted by molar-refractivity contribution is 5.99. The van der Waals surface area contributed by atoms with Crippen molar-refractivity contribution in [3.05, 3.63) is 58.4 Å². The predicted octanol–water partition coefficient (Wildman–Crippen LogP) is 4.05. The second kappa shape index (κ2) is 6.70. The standard InChI is InChI=1S/C21H23NO5/c1-12-13(10-11-26-12)16-14-8-6-7-9-15(14)19(23)22(5)17(16)18(20(24)25)27-21(2,3)4/h6-11,18H,1-5H3,(H,24,25). The first-order valence-electron chi connectivity index (χ1n) is 8.68. The number of hydrogen-bond acceptors (Lipinski definition) is 4. The number of aryl methyl sites for hydroxylation is 1. The maximum Gasteiger partial charge on any atom is 0.339 e. The summed E-state index contributed by atoms with van der Waals surface area (Å²) < 4.78 is 12.7. The molecule has 6 heteroatoms. The van der Waals surface area contributed by atoms with Crippen molar-refractivity contribution in [3.63, 3.8) is 0 Å². The Labute approximate surface area is 157 Å². The Morgan fingerprint density at radius 1 is 1.19 bits per heavy atom. The van der Waals surface area contributed by atoms with Crippen molar-refractivity contribution in [3.8, 4) is 11.1 Å². The van der Waals surface area contributed by atoms with Gasteiger partial charge in [0.1, 0.15) is 5.76 Å². The van der Waals surface area contributed by atoms with Gasteiger partial charge in [0.25, 0.3) is 5.56 Å². The topological polar surface area (TPSA) is 81.7 Å². The van der Waals surface area contributed by atoms with Gasteiger partial charge >= 0.3 is 5.97 Å². The molecule has 0 aliphatic rings. The highest BCUT2D eigenvalue weighted by Crippen LogP contribution is 2.38. The molecule has 2 heterocycles. The number of hydrogen-bond donors (Lipinski definition) is 1.